The zero-order chi connectivity index (χ0) is 19.3. The highest BCUT2D eigenvalue weighted by molar-refractivity contribution is 7.15. The van der Waals surface area contributed by atoms with E-state index in [0.717, 1.165) is 27.0 Å². The molecule has 1 aromatic carbocycles. The molecule has 1 aliphatic rings. The highest BCUT2D eigenvalue weighted by Crippen LogP contribution is 2.45. The van der Waals surface area contributed by atoms with E-state index in [1.54, 1.807) is 29.2 Å². The summed E-state index contributed by atoms with van der Waals surface area (Å²) < 4.78 is 15.9. The minimum Gasteiger partial charge on any atom is -0.289 e. The average molecular weight is 386 g/mol. The molecule has 1 unspecified atom stereocenters. The molecular weight excluding hydrogens is 367 g/mol. The van der Waals surface area contributed by atoms with E-state index in [2.05, 4.69) is 5.10 Å². The molecule has 0 spiro atoms. The number of nitrogens with zero attached hydrogens (tertiary/aromatic N) is 3. The second kappa shape index (κ2) is 6.24. The molecule has 4 rings (SSSR count). The molecule has 27 heavy (non-hydrogen) atoms. The van der Waals surface area contributed by atoms with E-state index in [4.69, 9.17) is 4.98 Å². The van der Waals surface area contributed by atoms with Crippen molar-refractivity contribution in [2.75, 3.05) is 0 Å². The van der Waals surface area contributed by atoms with Crippen molar-refractivity contribution in [1.82, 2.24) is 20.2 Å². The monoisotopic (exact) mass is 386 g/mol. The third kappa shape index (κ3) is 2.67. The van der Waals surface area contributed by atoms with Gasteiger partial charge in [0.25, 0.3) is 5.91 Å². The Kier molecular flexibility index (Phi) is 4.12. The second-order valence-corrected chi connectivity index (χ2v) is 8.06. The maximum Gasteiger partial charge on any atom is 0.254 e. The van der Waals surface area contributed by atoms with Gasteiger partial charge in [-0.25, -0.2) is 14.9 Å². The van der Waals surface area contributed by atoms with Gasteiger partial charge in [0.2, 0.25) is 0 Å². The summed E-state index contributed by atoms with van der Waals surface area (Å²) in [6, 6.07) is 6.68. The largest absolute Gasteiger partial charge is 0.289 e. The number of thiazole rings is 1. The molecule has 8 heteroatoms. The normalized spacial score (nSPS) is 18.6. The molecule has 2 N–H and O–H groups in total. The van der Waals surface area contributed by atoms with Gasteiger partial charge in [0.15, 0.2) is 0 Å². The first kappa shape index (κ1) is 17.8. The Labute approximate surface area is 159 Å². The minimum absolute atomic E-state index is 0.312. The SMILES string of the molecule is Cc1cc(-c2nc3c(s2)CC(C(=O)NO)(c2cccc(F)c2C)C3)n(C)n1. The Balaban J connectivity index is 1.78. The number of amides is 1. The van der Waals surface area contributed by atoms with E-state index >= 15 is 0 Å². The van der Waals surface area contributed by atoms with Crippen molar-refractivity contribution in [3.05, 3.63) is 57.5 Å². The van der Waals surface area contributed by atoms with Gasteiger partial charge in [-0.3, -0.25) is 14.7 Å². The number of hydroxylamine groups is 1. The molecule has 1 aliphatic carbocycles. The molecule has 1 amide bonds. The van der Waals surface area contributed by atoms with Crippen molar-refractivity contribution < 1.29 is 14.4 Å². The average Bonchev–Trinajstić information content (AvgIpc) is 3.27. The van der Waals surface area contributed by atoms with E-state index in [1.165, 1.54) is 17.4 Å². The van der Waals surface area contributed by atoms with Gasteiger partial charge in [-0.1, -0.05) is 12.1 Å². The van der Waals surface area contributed by atoms with Gasteiger partial charge in [0, 0.05) is 24.8 Å². The van der Waals surface area contributed by atoms with Crippen LogP contribution in [-0.4, -0.2) is 25.9 Å². The topological polar surface area (TPSA) is 80.0 Å². The third-order valence-electron chi connectivity index (χ3n) is 5.25. The van der Waals surface area contributed by atoms with Gasteiger partial charge in [0.05, 0.1) is 22.5 Å². The van der Waals surface area contributed by atoms with Gasteiger partial charge in [-0.15, -0.1) is 11.3 Å². The lowest BCUT2D eigenvalue weighted by Crippen LogP contribution is -2.44. The Bertz CT molecular complexity index is 1030. The van der Waals surface area contributed by atoms with Gasteiger partial charge in [0.1, 0.15) is 10.8 Å². The second-order valence-electron chi connectivity index (χ2n) is 6.97. The first-order chi connectivity index (χ1) is 12.9. The summed E-state index contributed by atoms with van der Waals surface area (Å²) in [6.45, 7) is 3.58. The van der Waals surface area contributed by atoms with Crippen LogP contribution in [0.1, 0.15) is 27.4 Å². The number of carbonyl (C=O) groups excluding carboxylic acids is 1. The molecule has 0 aliphatic heterocycles. The Morgan fingerprint density at radius 1 is 1.37 bits per heavy atom. The number of nitrogens with one attached hydrogen (secondary N) is 1. The summed E-state index contributed by atoms with van der Waals surface area (Å²) in [6.07, 6.45) is 0.680. The number of carbonyl (C=O) groups is 1. The van der Waals surface area contributed by atoms with Crippen molar-refractivity contribution in [3.8, 4) is 10.7 Å². The maximum atomic E-state index is 14.1. The smallest absolute Gasteiger partial charge is 0.254 e. The Hall–Kier alpha value is -2.58. The zero-order valence-electron chi connectivity index (χ0n) is 15.2. The van der Waals surface area contributed by atoms with Crippen LogP contribution < -0.4 is 5.48 Å². The number of hydrogen-bond donors (Lipinski definition) is 2. The number of benzene rings is 1. The summed E-state index contributed by atoms with van der Waals surface area (Å²) in [7, 11) is 1.87. The molecular formula is C19H19FN4O2S. The van der Waals surface area contributed by atoms with Crippen LogP contribution in [0.3, 0.4) is 0 Å². The number of hydrogen-bond acceptors (Lipinski definition) is 5. The predicted octanol–water partition coefficient (Wildman–Crippen LogP) is 2.84. The number of halogens is 1. The lowest BCUT2D eigenvalue weighted by Gasteiger charge is -2.28. The number of fused-ring (bicyclic) bond motifs is 1. The molecule has 1 atom stereocenters. The van der Waals surface area contributed by atoms with Crippen molar-refractivity contribution in [2.24, 2.45) is 7.05 Å². The van der Waals surface area contributed by atoms with E-state index in [1.807, 2.05) is 20.0 Å². The fourth-order valence-corrected chi connectivity index (χ4v) is 5.15. The molecule has 2 aromatic heterocycles. The van der Waals surface area contributed by atoms with Crippen LogP contribution >= 0.6 is 11.3 Å². The summed E-state index contributed by atoms with van der Waals surface area (Å²) in [5.74, 6) is -0.911. The lowest BCUT2D eigenvalue weighted by molar-refractivity contribution is -0.135. The lowest BCUT2D eigenvalue weighted by atomic mass is 9.75. The van der Waals surface area contributed by atoms with Crippen molar-refractivity contribution >= 4 is 17.2 Å². The van der Waals surface area contributed by atoms with E-state index in [0.29, 0.717) is 24.0 Å². The molecule has 2 heterocycles. The van der Waals surface area contributed by atoms with Crippen molar-refractivity contribution in [2.45, 2.75) is 32.1 Å². The Morgan fingerprint density at radius 2 is 2.15 bits per heavy atom. The molecule has 0 radical (unpaired) electrons. The minimum atomic E-state index is -1.06. The zero-order valence-corrected chi connectivity index (χ0v) is 16.0. The molecule has 0 saturated carbocycles. The molecule has 0 saturated heterocycles. The number of aryl methyl sites for hydroxylation is 2. The number of rotatable bonds is 3. The fourth-order valence-electron chi connectivity index (χ4n) is 3.91. The predicted molar refractivity (Wildman–Crippen MR) is 99.2 cm³/mol. The van der Waals surface area contributed by atoms with Crippen LogP contribution in [0.15, 0.2) is 24.3 Å². The van der Waals surface area contributed by atoms with Gasteiger partial charge >= 0.3 is 0 Å². The van der Waals surface area contributed by atoms with Crippen LogP contribution in [0, 0.1) is 19.7 Å². The summed E-state index contributed by atoms with van der Waals surface area (Å²) >= 11 is 1.51. The van der Waals surface area contributed by atoms with Crippen LogP contribution in [0.5, 0.6) is 0 Å². The standard InChI is InChI=1S/C19H19FN4O2S/c1-10-7-15(24(3)22-10)17-21-14-8-19(18(25)23-26,9-16(14)27-17)12-5-4-6-13(20)11(12)2/h4-7,26H,8-9H2,1-3H3,(H,23,25). The summed E-state index contributed by atoms with van der Waals surface area (Å²) in [4.78, 5) is 18.4. The van der Waals surface area contributed by atoms with Crippen molar-refractivity contribution in [3.63, 3.8) is 0 Å². The van der Waals surface area contributed by atoms with E-state index in [-0.39, 0.29) is 5.82 Å². The van der Waals surface area contributed by atoms with Crippen LogP contribution in [0.25, 0.3) is 10.7 Å². The molecule has 0 bridgehead atoms. The van der Waals surface area contributed by atoms with Gasteiger partial charge in [-0.05, 0) is 37.1 Å². The fraction of sp³-hybridized carbons (Fsp3) is 0.316. The van der Waals surface area contributed by atoms with Crippen LogP contribution in [0.4, 0.5) is 4.39 Å². The van der Waals surface area contributed by atoms with Gasteiger partial charge < -0.3 is 0 Å². The highest BCUT2D eigenvalue weighted by atomic mass is 32.1. The highest BCUT2D eigenvalue weighted by Gasteiger charge is 2.48. The Morgan fingerprint density at radius 3 is 2.78 bits per heavy atom. The molecule has 0 fully saturated rings. The van der Waals surface area contributed by atoms with E-state index < -0.39 is 11.3 Å². The quantitative estimate of drug-likeness (QED) is 0.536. The molecule has 140 valence electrons. The van der Waals surface area contributed by atoms with Crippen LogP contribution in [0.2, 0.25) is 0 Å². The molecule has 6 nitrogen and oxygen atoms in total. The molecule has 3 aromatic rings. The summed E-state index contributed by atoms with van der Waals surface area (Å²) in [5.41, 5.74) is 4.35. The first-order valence-corrected chi connectivity index (χ1v) is 9.37. The van der Waals surface area contributed by atoms with Crippen molar-refractivity contribution in [1.29, 1.82) is 0 Å². The third-order valence-corrected chi connectivity index (χ3v) is 6.37. The number of aromatic nitrogens is 3. The van der Waals surface area contributed by atoms with E-state index in [9.17, 15) is 14.4 Å². The first-order valence-electron chi connectivity index (χ1n) is 8.55. The van der Waals surface area contributed by atoms with Crippen LogP contribution in [-0.2, 0) is 30.1 Å². The summed E-state index contributed by atoms with van der Waals surface area (Å²) in [5, 5.41) is 14.5. The maximum absolute atomic E-state index is 14.1. The van der Waals surface area contributed by atoms with Gasteiger partial charge in [-0.2, -0.15) is 5.10 Å².